The van der Waals surface area contributed by atoms with E-state index in [9.17, 15) is 4.39 Å². The van der Waals surface area contributed by atoms with Crippen molar-refractivity contribution in [3.05, 3.63) is 34.1 Å². The molecule has 0 saturated carbocycles. The fourth-order valence-corrected chi connectivity index (χ4v) is 2.82. The summed E-state index contributed by atoms with van der Waals surface area (Å²) in [6.45, 7) is 2.00. The third-order valence-electron chi connectivity index (χ3n) is 1.98. The molecule has 1 unspecified atom stereocenters. The van der Waals surface area contributed by atoms with Gasteiger partial charge in [-0.05, 0) is 42.9 Å². The monoisotopic (exact) mass is 291 g/mol. The second-order valence-electron chi connectivity index (χ2n) is 3.55. The lowest BCUT2D eigenvalue weighted by Gasteiger charge is -2.06. The van der Waals surface area contributed by atoms with E-state index in [0.717, 1.165) is 28.0 Å². The summed E-state index contributed by atoms with van der Waals surface area (Å²) in [7, 11) is 0. The molecule has 0 radical (unpaired) electrons. The minimum absolute atomic E-state index is 0.180. The van der Waals surface area contributed by atoms with Crippen molar-refractivity contribution in [2.45, 2.75) is 25.1 Å². The summed E-state index contributed by atoms with van der Waals surface area (Å²) in [6.07, 6.45) is 0.998. The zero-order chi connectivity index (χ0) is 11.3. The number of benzene rings is 1. The molecule has 1 atom stereocenters. The van der Waals surface area contributed by atoms with E-state index in [4.69, 9.17) is 5.73 Å². The quantitative estimate of drug-likeness (QED) is 0.840. The Morgan fingerprint density at radius 1 is 1.53 bits per heavy atom. The summed E-state index contributed by atoms with van der Waals surface area (Å²) in [5.74, 6) is 1.66. The predicted octanol–water partition coefficient (Wildman–Crippen LogP) is 3.56. The van der Waals surface area contributed by atoms with Crippen molar-refractivity contribution in [3.63, 3.8) is 0 Å². The molecular weight excluding hydrogens is 277 g/mol. The largest absolute Gasteiger partial charge is 0.328 e. The molecule has 4 heteroatoms. The first kappa shape index (κ1) is 13.0. The summed E-state index contributed by atoms with van der Waals surface area (Å²) >= 11 is 5.19. The van der Waals surface area contributed by atoms with Crippen LogP contribution in [-0.2, 0) is 5.75 Å². The third kappa shape index (κ3) is 5.00. The van der Waals surface area contributed by atoms with Gasteiger partial charge in [0, 0.05) is 16.3 Å². The summed E-state index contributed by atoms with van der Waals surface area (Å²) < 4.78 is 13.9. The Labute approximate surface area is 103 Å². The van der Waals surface area contributed by atoms with Gasteiger partial charge in [0.1, 0.15) is 5.82 Å². The topological polar surface area (TPSA) is 26.0 Å². The molecular formula is C11H15BrFNS. The van der Waals surface area contributed by atoms with E-state index in [1.807, 2.05) is 6.92 Å². The maximum atomic E-state index is 12.9. The average molecular weight is 292 g/mol. The Bertz CT molecular complexity index is 317. The molecule has 1 rings (SSSR count). The van der Waals surface area contributed by atoms with Gasteiger partial charge in [0.25, 0.3) is 0 Å². The molecule has 15 heavy (non-hydrogen) atoms. The molecule has 0 fully saturated rings. The third-order valence-corrected chi connectivity index (χ3v) is 3.80. The smallest absolute Gasteiger partial charge is 0.123 e. The molecule has 0 saturated heterocycles. The van der Waals surface area contributed by atoms with Crippen molar-refractivity contribution in [2.75, 3.05) is 5.75 Å². The van der Waals surface area contributed by atoms with Crippen LogP contribution in [0.25, 0.3) is 0 Å². The van der Waals surface area contributed by atoms with Crippen molar-refractivity contribution < 1.29 is 4.39 Å². The number of hydrogen-bond donors (Lipinski definition) is 1. The van der Waals surface area contributed by atoms with Gasteiger partial charge in [-0.1, -0.05) is 15.9 Å². The Kier molecular flexibility index (Phi) is 5.64. The van der Waals surface area contributed by atoms with Gasteiger partial charge in [-0.15, -0.1) is 0 Å². The van der Waals surface area contributed by atoms with E-state index >= 15 is 0 Å². The van der Waals surface area contributed by atoms with Crippen molar-refractivity contribution in [2.24, 2.45) is 5.73 Å². The van der Waals surface area contributed by atoms with E-state index in [1.165, 1.54) is 6.07 Å². The Morgan fingerprint density at radius 2 is 2.27 bits per heavy atom. The highest BCUT2D eigenvalue weighted by molar-refractivity contribution is 9.10. The molecule has 84 valence electrons. The molecule has 0 amide bonds. The zero-order valence-corrected chi connectivity index (χ0v) is 11.1. The molecule has 0 aliphatic heterocycles. The molecule has 1 nitrogen and oxygen atoms in total. The molecule has 0 heterocycles. The van der Waals surface area contributed by atoms with Crippen LogP contribution in [-0.4, -0.2) is 11.8 Å². The van der Waals surface area contributed by atoms with Crippen LogP contribution in [0.3, 0.4) is 0 Å². The minimum atomic E-state index is -0.180. The van der Waals surface area contributed by atoms with Crippen LogP contribution in [0.2, 0.25) is 0 Å². The van der Waals surface area contributed by atoms with E-state index in [-0.39, 0.29) is 11.9 Å². The fraction of sp³-hybridized carbons (Fsp3) is 0.455. The first-order valence-corrected chi connectivity index (χ1v) is 6.81. The van der Waals surface area contributed by atoms with Gasteiger partial charge in [0.15, 0.2) is 0 Å². The molecule has 1 aromatic carbocycles. The predicted molar refractivity (Wildman–Crippen MR) is 68.5 cm³/mol. The molecule has 0 aromatic heterocycles. The lowest BCUT2D eigenvalue weighted by atomic mass is 10.2. The highest BCUT2D eigenvalue weighted by atomic mass is 79.9. The van der Waals surface area contributed by atoms with Crippen molar-refractivity contribution in [1.82, 2.24) is 0 Å². The van der Waals surface area contributed by atoms with Crippen LogP contribution in [0.1, 0.15) is 18.9 Å². The van der Waals surface area contributed by atoms with E-state index in [0.29, 0.717) is 0 Å². The van der Waals surface area contributed by atoms with Gasteiger partial charge >= 0.3 is 0 Å². The Hall–Kier alpha value is -0.0600. The summed E-state index contributed by atoms with van der Waals surface area (Å²) in [6, 6.07) is 5.02. The van der Waals surface area contributed by atoms with Crippen molar-refractivity contribution >= 4 is 27.7 Å². The second kappa shape index (κ2) is 6.51. The van der Waals surface area contributed by atoms with Crippen LogP contribution in [0.4, 0.5) is 4.39 Å². The normalized spacial score (nSPS) is 12.8. The SMILES string of the molecule is CC(N)CCSCc1cc(F)ccc1Br. The average Bonchev–Trinajstić information content (AvgIpc) is 2.17. The minimum Gasteiger partial charge on any atom is -0.328 e. The number of rotatable bonds is 5. The Morgan fingerprint density at radius 3 is 2.93 bits per heavy atom. The van der Waals surface area contributed by atoms with Crippen LogP contribution < -0.4 is 5.73 Å². The fourth-order valence-electron chi connectivity index (χ4n) is 1.11. The van der Waals surface area contributed by atoms with Crippen LogP contribution >= 0.6 is 27.7 Å². The zero-order valence-electron chi connectivity index (χ0n) is 8.67. The first-order chi connectivity index (χ1) is 7.09. The summed E-state index contributed by atoms with van der Waals surface area (Å²) in [4.78, 5) is 0. The van der Waals surface area contributed by atoms with E-state index < -0.39 is 0 Å². The molecule has 1 aromatic rings. The van der Waals surface area contributed by atoms with Gasteiger partial charge in [0.2, 0.25) is 0 Å². The molecule has 0 spiro atoms. The van der Waals surface area contributed by atoms with Gasteiger partial charge < -0.3 is 5.73 Å². The number of nitrogens with two attached hydrogens (primary N) is 1. The number of thioether (sulfide) groups is 1. The standard InChI is InChI=1S/C11H15BrFNS/c1-8(14)4-5-15-7-9-6-10(13)2-3-11(9)12/h2-3,6,8H,4-5,7,14H2,1H3. The van der Waals surface area contributed by atoms with Crippen LogP contribution in [0, 0.1) is 5.82 Å². The lowest BCUT2D eigenvalue weighted by Crippen LogP contribution is -2.15. The summed E-state index contributed by atoms with van der Waals surface area (Å²) in [5.41, 5.74) is 6.65. The summed E-state index contributed by atoms with van der Waals surface area (Å²) in [5, 5.41) is 0. The van der Waals surface area contributed by atoms with Crippen LogP contribution in [0.15, 0.2) is 22.7 Å². The maximum Gasteiger partial charge on any atom is 0.123 e. The van der Waals surface area contributed by atoms with Gasteiger partial charge in [-0.3, -0.25) is 0 Å². The van der Waals surface area contributed by atoms with Crippen LogP contribution in [0.5, 0.6) is 0 Å². The molecule has 0 aliphatic carbocycles. The second-order valence-corrected chi connectivity index (χ2v) is 5.51. The molecule has 0 aliphatic rings. The van der Waals surface area contributed by atoms with Gasteiger partial charge in [-0.25, -0.2) is 4.39 Å². The highest BCUT2D eigenvalue weighted by Crippen LogP contribution is 2.23. The lowest BCUT2D eigenvalue weighted by molar-refractivity contribution is 0.626. The maximum absolute atomic E-state index is 12.9. The molecule has 2 N–H and O–H groups in total. The van der Waals surface area contributed by atoms with Gasteiger partial charge in [0.05, 0.1) is 0 Å². The Balaban J connectivity index is 2.40. The first-order valence-electron chi connectivity index (χ1n) is 4.87. The molecule has 0 bridgehead atoms. The number of hydrogen-bond acceptors (Lipinski definition) is 2. The van der Waals surface area contributed by atoms with Crippen molar-refractivity contribution in [1.29, 1.82) is 0 Å². The number of halogens is 2. The highest BCUT2D eigenvalue weighted by Gasteiger charge is 2.02. The van der Waals surface area contributed by atoms with E-state index in [1.54, 1.807) is 23.9 Å². The van der Waals surface area contributed by atoms with Crippen molar-refractivity contribution in [3.8, 4) is 0 Å². The van der Waals surface area contributed by atoms with E-state index in [2.05, 4.69) is 15.9 Å². The van der Waals surface area contributed by atoms with Gasteiger partial charge in [-0.2, -0.15) is 11.8 Å².